The van der Waals surface area contributed by atoms with Gasteiger partial charge in [0, 0.05) is 0 Å². The first-order valence-electron chi connectivity index (χ1n) is 12.5. The highest BCUT2D eigenvalue weighted by molar-refractivity contribution is 7.47. The summed E-state index contributed by atoms with van der Waals surface area (Å²) in [4.78, 5) is 31.2. The second-order valence-electron chi connectivity index (χ2n) is 8.31. The Morgan fingerprint density at radius 1 is 0.469 bits per heavy atom. The SMILES string of the molecule is CCCCCCCCCCCOP(=O)(O)OCCCCCCCCCCC.O=P(O)(O)O. The van der Waals surface area contributed by atoms with Gasteiger partial charge in [0.05, 0.1) is 13.2 Å². The molecule has 0 atom stereocenters. The Kier molecular flexibility index (Phi) is 26.2. The average molecular weight is 505 g/mol. The minimum Gasteiger partial charge on any atom is -0.303 e. The normalized spacial score (nSPS) is 11.9. The lowest BCUT2D eigenvalue weighted by Gasteiger charge is -2.12. The Labute approximate surface area is 196 Å². The van der Waals surface area contributed by atoms with Crippen LogP contribution in [-0.4, -0.2) is 32.8 Å². The fourth-order valence-electron chi connectivity index (χ4n) is 3.22. The van der Waals surface area contributed by atoms with E-state index >= 15 is 0 Å². The summed E-state index contributed by atoms with van der Waals surface area (Å²) in [6.07, 6.45) is 21.9. The van der Waals surface area contributed by atoms with Crippen LogP contribution in [0.1, 0.15) is 129 Å². The van der Waals surface area contributed by atoms with Crippen molar-refractivity contribution in [3.8, 4) is 0 Å². The molecule has 0 aromatic rings. The third-order valence-electron chi connectivity index (χ3n) is 5.00. The van der Waals surface area contributed by atoms with E-state index in [2.05, 4.69) is 13.8 Å². The van der Waals surface area contributed by atoms with Crippen LogP contribution in [0.5, 0.6) is 0 Å². The average Bonchev–Trinajstić information content (AvgIpc) is 2.69. The first-order chi connectivity index (χ1) is 15.1. The third kappa shape index (κ3) is 37.5. The Morgan fingerprint density at radius 2 is 0.688 bits per heavy atom. The summed E-state index contributed by atoms with van der Waals surface area (Å²) in [6.45, 7) is 5.11. The molecule has 0 bridgehead atoms. The summed E-state index contributed by atoms with van der Waals surface area (Å²) in [5.41, 5.74) is 0. The van der Waals surface area contributed by atoms with Crippen molar-refractivity contribution in [3.63, 3.8) is 0 Å². The van der Waals surface area contributed by atoms with Crippen molar-refractivity contribution in [1.82, 2.24) is 0 Å². The van der Waals surface area contributed by atoms with Gasteiger partial charge < -0.3 is 19.6 Å². The zero-order valence-corrected chi connectivity index (χ0v) is 22.2. The maximum atomic E-state index is 11.8. The molecule has 0 aliphatic carbocycles. The second-order valence-corrected chi connectivity index (χ2v) is 10.8. The molecule has 0 spiro atoms. The third-order valence-corrected chi connectivity index (χ3v) is 6.02. The van der Waals surface area contributed by atoms with Crippen molar-refractivity contribution < 1.29 is 37.8 Å². The van der Waals surface area contributed by atoms with Crippen molar-refractivity contribution in [2.45, 2.75) is 129 Å². The predicted octanol–water partition coefficient (Wildman–Crippen LogP) is 7.25. The van der Waals surface area contributed by atoms with E-state index in [-0.39, 0.29) is 0 Å². The number of phosphoric acid groups is 2. The Hall–Kier alpha value is 0.220. The van der Waals surface area contributed by atoms with Crippen LogP contribution < -0.4 is 0 Å². The molecule has 8 nitrogen and oxygen atoms in total. The van der Waals surface area contributed by atoms with Crippen LogP contribution in [0.25, 0.3) is 0 Å². The molecular weight excluding hydrogens is 454 g/mol. The summed E-state index contributed by atoms with van der Waals surface area (Å²) in [6, 6.07) is 0. The lowest BCUT2D eigenvalue weighted by atomic mass is 10.1. The van der Waals surface area contributed by atoms with Crippen LogP contribution in [-0.2, 0) is 18.2 Å². The fraction of sp³-hybridized carbons (Fsp3) is 1.00. The van der Waals surface area contributed by atoms with E-state index in [1.807, 2.05) is 0 Å². The maximum Gasteiger partial charge on any atom is 0.472 e. The van der Waals surface area contributed by atoms with E-state index in [4.69, 9.17) is 28.3 Å². The summed E-state index contributed by atoms with van der Waals surface area (Å²) in [5.74, 6) is 0. The molecule has 0 aliphatic heterocycles. The quantitative estimate of drug-likeness (QED) is 0.0894. The van der Waals surface area contributed by atoms with Gasteiger partial charge in [0.1, 0.15) is 0 Å². The van der Waals surface area contributed by atoms with E-state index in [0.29, 0.717) is 13.2 Å². The van der Waals surface area contributed by atoms with Crippen LogP contribution >= 0.6 is 15.6 Å². The number of rotatable bonds is 22. The summed E-state index contributed by atoms with van der Waals surface area (Å²) in [5, 5.41) is 0. The van der Waals surface area contributed by atoms with Crippen molar-refractivity contribution in [1.29, 1.82) is 0 Å². The highest BCUT2D eigenvalue weighted by atomic mass is 31.2. The van der Waals surface area contributed by atoms with Gasteiger partial charge in [-0.2, -0.15) is 0 Å². The second kappa shape index (κ2) is 24.3. The topological polar surface area (TPSA) is 134 Å². The van der Waals surface area contributed by atoms with Gasteiger partial charge >= 0.3 is 15.6 Å². The molecule has 0 heterocycles. The van der Waals surface area contributed by atoms with Crippen LogP contribution in [0.2, 0.25) is 0 Å². The molecule has 0 aromatic carbocycles. The molecule has 0 aromatic heterocycles. The van der Waals surface area contributed by atoms with Crippen LogP contribution in [0.4, 0.5) is 0 Å². The largest absolute Gasteiger partial charge is 0.472 e. The van der Waals surface area contributed by atoms with E-state index in [9.17, 15) is 9.46 Å². The van der Waals surface area contributed by atoms with Gasteiger partial charge in [-0.15, -0.1) is 0 Å². The standard InChI is InChI=1S/C22H47O4P.H3O4P/c1-3-5-7-9-11-13-15-17-19-21-25-27(23,24)26-22-20-18-16-14-12-10-8-6-4-2;1-5(2,3)4/h3-22H2,1-2H3,(H,23,24);(H3,1,2,3,4). The molecular formula is C22H50O8P2. The Balaban J connectivity index is 0. The molecule has 32 heavy (non-hydrogen) atoms. The lowest BCUT2D eigenvalue weighted by molar-refractivity contribution is 0.145. The fourth-order valence-corrected chi connectivity index (χ4v) is 4.02. The molecule has 4 N–H and O–H groups in total. The van der Waals surface area contributed by atoms with Crippen LogP contribution in [0.15, 0.2) is 0 Å². The van der Waals surface area contributed by atoms with E-state index in [1.165, 1.54) is 89.9 Å². The molecule has 0 saturated heterocycles. The van der Waals surface area contributed by atoms with E-state index < -0.39 is 15.6 Å². The summed E-state index contributed by atoms with van der Waals surface area (Å²) >= 11 is 0. The maximum absolute atomic E-state index is 11.8. The van der Waals surface area contributed by atoms with Gasteiger partial charge in [0.2, 0.25) is 0 Å². The summed E-state index contributed by atoms with van der Waals surface area (Å²) in [7, 11) is -8.48. The lowest BCUT2D eigenvalue weighted by Crippen LogP contribution is -1.99. The molecule has 0 rings (SSSR count). The molecule has 196 valence electrons. The highest BCUT2D eigenvalue weighted by Crippen LogP contribution is 2.43. The minimum atomic E-state index is -4.64. The number of phosphoric ester groups is 1. The van der Waals surface area contributed by atoms with Crippen LogP contribution in [0, 0.1) is 0 Å². The predicted molar refractivity (Wildman–Crippen MR) is 130 cm³/mol. The highest BCUT2D eigenvalue weighted by Gasteiger charge is 2.19. The van der Waals surface area contributed by atoms with Gasteiger partial charge in [0.25, 0.3) is 0 Å². The van der Waals surface area contributed by atoms with Gasteiger partial charge in [-0.3, -0.25) is 9.05 Å². The van der Waals surface area contributed by atoms with Crippen LogP contribution in [0.3, 0.4) is 0 Å². The van der Waals surface area contributed by atoms with Crippen molar-refractivity contribution >= 4 is 15.6 Å². The molecule has 10 heteroatoms. The summed E-state index contributed by atoms with van der Waals surface area (Å²) < 4.78 is 30.8. The van der Waals surface area contributed by atoms with Crippen molar-refractivity contribution in [2.75, 3.05) is 13.2 Å². The number of unbranched alkanes of at least 4 members (excludes halogenated alkanes) is 16. The smallest absolute Gasteiger partial charge is 0.303 e. The molecule has 0 unspecified atom stereocenters. The van der Waals surface area contributed by atoms with Crippen molar-refractivity contribution in [3.05, 3.63) is 0 Å². The minimum absolute atomic E-state index is 0.321. The zero-order valence-electron chi connectivity index (χ0n) is 20.5. The zero-order chi connectivity index (χ0) is 24.6. The van der Waals surface area contributed by atoms with Gasteiger partial charge in [-0.05, 0) is 12.8 Å². The Morgan fingerprint density at radius 3 is 0.938 bits per heavy atom. The first kappa shape index (κ1) is 34.4. The van der Waals surface area contributed by atoms with E-state index in [0.717, 1.165) is 25.7 Å². The van der Waals surface area contributed by atoms with Gasteiger partial charge in [-0.25, -0.2) is 9.13 Å². The Bertz CT molecular complexity index is 435. The molecule has 0 radical (unpaired) electrons. The monoisotopic (exact) mass is 504 g/mol. The van der Waals surface area contributed by atoms with Crippen molar-refractivity contribution in [2.24, 2.45) is 0 Å². The first-order valence-corrected chi connectivity index (χ1v) is 15.6. The molecule has 0 saturated carbocycles. The molecule has 0 amide bonds. The number of hydrogen-bond acceptors (Lipinski definition) is 4. The number of hydrogen-bond donors (Lipinski definition) is 4. The van der Waals surface area contributed by atoms with E-state index in [1.54, 1.807) is 0 Å². The molecule has 0 fully saturated rings. The molecule has 0 aliphatic rings. The van der Waals surface area contributed by atoms with Gasteiger partial charge in [-0.1, -0.05) is 117 Å². The van der Waals surface area contributed by atoms with Gasteiger partial charge in [0.15, 0.2) is 0 Å².